The SMILES string of the molecule is Cn1c(=O)c2c(ncn2CC(=O)N/N=C\c2c(O)ccc3ccccc23)n(C)c1=O. The lowest BCUT2D eigenvalue weighted by Crippen LogP contribution is -2.38. The molecule has 2 aromatic heterocycles. The fraction of sp³-hybridized carbons (Fsp3) is 0.150. The minimum atomic E-state index is -0.539. The lowest BCUT2D eigenvalue weighted by atomic mass is 10.0. The summed E-state index contributed by atoms with van der Waals surface area (Å²) < 4.78 is 3.56. The highest BCUT2D eigenvalue weighted by atomic mass is 16.3. The van der Waals surface area contributed by atoms with Gasteiger partial charge in [0, 0.05) is 19.7 Å². The fourth-order valence-electron chi connectivity index (χ4n) is 3.30. The van der Waals surface area contributed by atoms with Crippen LogP contribution in [-0.4, -0.2) is 35.9 Å². The van der Waals surface area contributed by atoms with Crippen LogP contribution >= 0.6 is 0 Å². The number of phenols is 1. The molecule has 0 saturated carbocycles. The Hall–Kier alpha value is -4.21. The second-order valence-electron chi connectivity index (χ2n) is 6.76. The average Bonchev–Trinajstić information content (AvgIpc) is 3.16. The summed E-state index contributed by atoms with van der Waals surface area (Å²) in [5.41, 5.74) is 2.16. The molecular formula is C20H18N6O4. The fourth-order valence-corrected chi connectivity index (χ4v) is 3.30. The Morgan fingerprint density at radius 2 is 1.93 bits per heavy atom. The van der Waals surface area contributed by atoms with E-state index in [1.54, 1.807) is 12.1 Å². The molecule has 4 aromatic rings. The normalized spacial score (nSPS) is 11.5. The molecule has 10 heteroatoms. The number of carbonyl (C=O) groups is 1. The van der Waals surface area contributed by atoms with Crippen LogP contribution in [0.3, 0.4) is 0 Å². The van der Waals surface area contributed by atoms with Gasteiger partial charge >= 0.3 is 5.69 Å². The van der Waals surface area contributed by atoms with Crippen molar-refractivity contribution in [3.05, 3.63) is 69.1 Å². The summed E-state index contributed by atoms with van der Waals surface area (Å²) in [6, 6.07) is 10.8. The van der Waals surface area contributed by atoms with E-state index in [4.69, 9.17) is 0 Å². The smallest absolute Gasteiger partial charge is 0.332 e. The predicted octanol–water partition coefficient (Wildman–Crippen LogP) is 0.443. The highest BCUT2D eigenvalue weighted by Crippen LogP contribution is 2.25. The summed E-state index contributed by atoms with van der Waals surface area (Å²) in [7, 11) is 2.87. The van der Waals surface area contributed by atoms with Gasteiger partial charge in [0.05, 0.1) is 12.5 Å². The van der Waals surface area contributed by atoms with Crippen molar-refractivity contribution < 1.29 is 9.90 Å². The molecule has 2 heterocycles. The van der Waals surface area contributed by atoms with Gasteiger partial charge in [-0.15, -0.1) is 0 Å². The Kier molecular flexibility index (Phi) is 4.66. The first-order chi connectivity index (χ1) is 14.4. The molecular weight excluding hydrogens is 388 g/mol. The van der Waals surface area contributed by atoms with Crippen molar-refractivity contribution in [3.8, 4) is 5.75 Å². The van der Waals surface area contributed by atoms with Crippen LogP contribution in [0, 0.1) is 0 Å². The molecule has 0 radical (unpaired) electrons. The number of aromatic nitrogens is 4. The van der Waals surface area contributed by atoms with Gasteiger partial charge in [0.2, 0.25) is 0 Å². The van der Waals surface area contributed by atoms with E-state index in [1.165, 1.54) is 35.8 Å². The van der Waals surface area contributed by atoms with Crippen molar-refractivity contribution in [3.63, 3.8) is 0 Å². The van der Waals surface area contributed by atoms with Gasteiger partial charge < -0.3 is 9.67 Å². The van der Waals surface area contributed by atoms with Gasteiger partial charge in [-0.2, -0.15) is 5.10 Å². The number of nitrogens with one attached hydrogen (secondary N) is 1. The molecule has 2 N–H and O–H groups in total. The van der Waals surface area contributed by atoms with Gasteiger partial charge in [0.1, 0.15) is 12.3 Å². The molecule has 0 bridgehead atoms. The van der Waals surface area contributed by atoms with E-state index in [2.05, 4.69) is 15.5 Å². The molecule has 30 heavy (non-hydrogen) atoms. The Bertz CT molecular complexity index is 1440. The Labute approximate surface area is 169 Å². The average molecular weight is 406 g/mol. The molecule has 152 valence electrons. The van der Waals surface area contributed by atoms with Gasteiger partial charge in [0.25, 0.3) is 11.5 Å². The number of aromatic hydroxyl groups is 1. The zero-order valence-corrected chi connectivity index (χ0v) is 16.2. The predicted molar refractivity (Wildman–Crippen MR) is 112 cm³/mol. The van der Waals surface area contributed by atoms with Crippen molar-refractivity contribution in [2.45, 2.75) is 6.54 Å². The first-order valence-electron chi connectivity index (χ1n) is 9.02. The van der Waals surface area contributed by atoms with Gasteiger partial charge in [-0.3, -0.25) is 18.7 Å². The van der Waals surface area contributed by atoms with Gasteiger partial charge in [-0.05, 0) is 16.8 Å². The first kappa shape index (κ1) is 19.1. The molecule has 4 rings (SSSR count). The molecule has 2 aromatic carbocycles. The van der Waals surface area contributed by atoms with Crippen molar-refractivity contribution in [1.29, 1.82) is 0 Å². The largest absolute Gasteiger partial charge is 0.507 e. The molecule has 0 unspecified atom stereocenters. The standard InChI is InChI=1S/C20H18N6O4/c1-24-18-17(19(29)25(2)20(24)30)26(11-21-18)10-16(28)23-22-9-14-13-6-4-3-5-12(13)7-8-15(14)27/h3-9,11,27H,10H2,1-2H3,(H,23,28)/b22-9-. The zero-order chi connectivity index (χ0) is 21.4. The van der Waals surface area contributed by atoms with Crippen molar-refractivity contribution in [2.75, 3.05) is 0 Å². The minimum Gasteiger partial charge on any atom is -0.507 e. The quantitative estimate of drug-likeness (QED) is 0.376. The Balaban J connectivity index is 1.58. The first-order valence-corrected chi connectivity index (χ1v) is 9.02. The summed E-state index contributed by atoms with van der Waals surface area (Å²) in [6.07, 6.45) is 2.69. The van der Waals surface area contributed by atoms with Gasteiger partial charge in [-0.25, -0.2) is 15.2 Å². The molecule has 0 spiro atoms. The molecule has 10 nitrogen and oxygen atoms in total. The minimum absolute atomic E-state index is 0.0386. The maximum Gasteiger partial charge on any atom is 0.332 e. The van der Waals surface area contributed by atoms with Crippen molar-refractivity contribution in [2.24, 2.45) is 19.2 Å². The van der Waals surface area contributed by atoms with Crippen molar-refractivity contribution in [1.82, 2.24) is 24.1 Å². The number of hydrogen-bond donors (Lipinski definition) is 2. The molecule has 1 amide bonds. The second-order valence-corrected chi connectivity index (χ2v) is 6.76. The van der Waals surface area contributed by atoms with E-state index < -0.39 is 17.2 Å². The van der Waals surface area contributed by atoms with Gasteiger partial charge in [0.15, 0.2) is 11.2 Å². The van der Waals surface area contributed by atoms with E-state index in [0.717, 1.165) is 15.3 Å². The van der Waals surface area contributed by atoms with Crippen LogP contribution in [0.4, 0.5) is 0 Å². The monoisotopic (exact) mass is 406 g/mol. The molecule has 0 fully saturated rings. The summed E-state index contributed by atoms with van der Waals surface area (Å²) in [4.78, 5) is 40.8. The number of carbonyl (C=O) groups excluding carboxylic acids is 1. The van der Waals surface area contributed by atoms with Crippen LogP contribution in [0.2, 0.25) is 0 Å². The number of aryl methyl sites for hydroxylation is 1. The zero-order valence-electron chi connectivity index (χ0n) is 16.2. The lowest BCUT2D eigenvalue weighted by molar-refractivity contribution is -0.121. The number of nitrogens with zero attached hydrogens (tertiary/aromatic N) is 5. The summed E-state index contributed by atoms with van der Waals surface area (Å²) >= 11 is 0. The highest BCUT2D eigenvalue weighted by molar-refractivity contribution is 6.02. The molecule has 0 saturated heterocycles. The number of imidazole rings is 1. The van der Waals surface area contributed by atoms with Crippen LogP contribution in [0.15, 0.2) is 57.4 Å². The summed E-state index contributed by atoms with van der Waals surface area (Å²) in [5, 5.41) is 15.8. The number of hydrazone groups is 1. The third-order valence-electron chi connectivity index (χ3n) is 4.86. The van der Waals surface area contributed by atoms with Crippen LogP contribution in [0.5, 0.6) is 5.75 Å². The Morgan fingerprint density at radius 1 is 1.17 bits per heavy atom. The number of benzene rings is 2. The summed E-state index contributed by atoms with van der Waals surface area (Å²) in [5.74, 6) is -0.460. The molecule has 0 aliphatic rings. The number of fused-ring (bicyclic) bond motifs is 2. The lowest BCUT2D eigenvalue weighted by Gasteiger charge is -2.06. The molecule has 0 aliphatic carbocycles. The van der Waals surface area contributed by atoms with E-state index >= 15 is 0 Å². The second kappa shape index (κ2) is 7.32. The van der Waals surface area contributed by atoms with Crippen LogP contribution in [0.1, 0.15) is 5.56 Å². The van der Waals surface area contributed by atoms with Gasteiger partial charge in [-0.1, -0.05) is 30.3 Å². The maximum atomic E-state index is 12.4. The molecule has 0 atom stereocenters. The van der Waals surface area contributed by atoms with E-state index in [0.29, 0.717) is 5.56 Å². The van der Waals surface area contributed by atoms with Crippen molar-refractivity contribution >= 4 is 34.1 Å². The molecule has 0 aliphatic heterocycles. The topological polar surface area (TPSA) is 124 Å². The third-order valence-corrected chi connectivity index (χ3v) is 4.86. The Morgan fingerprint density at radius 3 is 2.73 bits per heavy atom. The maximum absolute atomic E-state index is 12.4. The van der Waals surface area contributed by atoms with E-state index in [9.17, 15) is 19.5 Å². The highest BCUT2D eigenvalue weighted by Gasteiger charge is 2.15. The number of hydrogen-bond acceptors (Lipinski definition) is 6. The van der Waals surface area contributed by atoms with E-state index in [1.807, 2.05) is 24.3 Å². The van der Waals surface area contributed by atoms with Crippen LogP contribution in [0.25, 0.3) is 21.9 Å². The van der Waals surface area contributed by atoms with Crippen LogP contribution < -0.4 is 16.7 Å². The van der Waals surface area contributed by atoms with E-state index in [-0.39, 0.29) is 23.5 Å². The number of rotatable bonds is 4. The third kappa shape index (κ3) is 3.13. The summed E-state index contributed by atoms with van der Waals surface area (Å²) in [6.45, 7) is -0.219. The number of amides is 1. The number of phenolic OH excluding ortho intramolecular Hbond substituents is 1. The van der Waals surface area contributed by atoms with Crippen LogP contribution in [-0.2, 0) is 25.4 Å².